The van der Waals surface area contributed by atoms with Crippen LogP contribution >= 0.6 is 0 Å². The number of nitrogens with zero attached hydrogens (tertiary/aromatic N) is 4. The Morgan fingerprint density at radius 3 is 2.30 bits per heavy atom. The summed E-state index contributed by atoms with van der Waals surface area (Å²) in [5.74, 6) is 1.98. The number of piperidine rings is 1. The maximum Gasteiger partial charge on any atom is 0.230 e. The van der Waals surface area contributed by atoms with Crippen LogP contribution in [0.2, 0.25) is 0 Å². The Balaban J connectivity index is 1.39. The number of hydrogen-bond donors (Lipinski definition) is 2. The molecule has 1 fully saturated rings. The fraction of sp³-hybridized carbons (Fsp3) is 0.385. The summed E-state index contributed by atoms with van der Waals surface area (Å²) in [7, 11) is 1.81. The van der Waals surface area contributed by atoms with Gasteiger partial charge < -0.3 is 15.5 Å². The van der Waals surface area contributed by atoms with Crippen molar-refractivity contribution >= 4 is 17.8 Å². The van der Waals surface area contributed by atoms with E-state index in [9.17, 15) is 4.79 Å². The first-order valence-electron chi connectivity index (χ1n) is 11.5. The minimum atomic E-state index is 0.00603. The molecule has 0 atom stereocenters. The molecular formula is C26H32N6O. The van der Waals surface area contributed by atoms with Crippen molar-refractivity contribution in [1.29, 1.82) is 0 Å². The summed E-state index contributed by atoms with van der Waals surface area (Å²) in [6.07, 6.45) is 1.55. The van der Waals surface area contributed by atoms with Gasteiger partial charge in [0.15, 0.2) is 5.82 Å². The van der Waals surface area contributed by atoms with Gasteiger partial charge in [-0.25, -0.2) is 0 Å². The zero-order valence-electron chi connectivity index (χ0n) is 19.9. The number of nitrogens with one attached hydrogen (secondary N) is 2. The van der Waals surface area contributed by atoms with Crippen molar-refractivity contribution in [1.82, 2.24) is 20.3 Å². The highest BCUT2D eigenvalue weighted by Crippen LogP contribution is 2.24. The van der Waals surface area contributed by atoms with E-state index in [1.165, 1.54) is 22.3 Å². The average Bonchev–Trinajstić information content (AvgIpc) is 2.83. The molecule has 0 bridgehead atoms. The van der Waals surface area contributed by atoms with Crippen molar-refractivity contribution in [3.8, 4) is 11.4 Å². The van der Waals surface area contributed by atoms with Crippen LogP contribution in [0, 0.1) is 26.7 Å². The molecule has 1 aliphatic heterocycles. The fourth-order valence-electron chi connectivity index (χ4n) is 4.48. The highest BCUT2D eigenvalue weighted by Gasteiger charge is 2.27. The molecule has 2 heterocycles. The first kappa shape index (κ1) is 22.7. The predicted molar refractivity (Wildman–Crippen MR) is 132 cm³/mol. The third-order valence-corrected chi connectivity index (χ3v) is 6.31. The molecule has 2 aromatic carbocycles. The lowest BCUT2D eigenvalue weighted by molar-refractivity contribution is -0.125. The molecule has 0 saturated carbocycles. The fourth-order valence-corrected chi connectivity index (χ4v) is 4.48. The summed E-state index contributed by atoms with van der Waals surface area (Å²) in [5.41, 5.74) is 5.87. The number of carbonyl (C=O) groups excluding carboxylic acids is 1. The normalized spacial score (nSPS) is 14.2. The maximum absolute atomic E-state index is 12.9. The van der Waals surface area contributed by atoms with E-state index in [1.54, 1.807) is 0 Å². The summed E-state index contributed by atoms with van der Waals surface area (Å²) < 4.78 is 0. The summed E-state index contributed by atoms with van der Waals surface area (Å²) in [5, 5.41) is 6.20. The molecule has 0 aliphatic carbocycles. The molecule has 1 aromatic heterocycles. The molecule has 33 heavy (non-hydrogen) atoms. The standard InChI is InChI=1S/C26H32N6O/c1-17-14-18(2)22(19(3)15-17)16-28-24(33)21-10-12-32(13-11-21)26-30-23(29-25(27-4)31-26)20-8-6-5-7-9-20/h5-9,14-15,21H,10-13,16H2,1-4H3,(H,28,33)(H,27,29,30,31). The van der Waals surface area contributed by atoms with Crippen LogP contribution in [-0.2, 0) is 11.3 Å². The van der Waals surface area contributed by atoms with Gasteiger partial charge in [0.05, 0.1) is 0 Å². The SMILES string of the molecule is CNc1nc(-c2ccccc2)nc(N2CCC(C(=O)NCc3c(C)cc(C)cc3C)CC2)n1. The molecule has 2 N–H and O–H groups in total. The molecule has 7 nitrogen and oxygen atoms in total. The van der Waals surface area contributed by atoms with Crippen molar-refractivity contribution in [2.45, 2.75) is 40.2 Å². The molecular weight excluding hydrogens is 412 g/mol. The second-order valence-corrected chi connectivity index (χ2v) is 8.76. The first-order chi connectivity index (χ1) is 15.9. The molecule has 1 amide bonds. The second kappa shape index (κ2) is 9.98. The van der Waals surface area contributed by atoms with Crippen molar-refractivity contribution < 1.29 is 4.79 Å². The Bertz CT molecular complexity index is 1100. The smallest absolute Gasteiger partial charge is 0.230 e. The Kier molecular flexibility index (Phi) is 6.87. The molecule has 3 aromatic rings. The molecule has 1 saturated heterocycles. The van der Waals surface area contributed by atoms with Gasteiger partial charge in [0.1, 0.15) is 0 Å². The van der Waals surface area contributed by atoms with Gasteiger partial charge >= 0.3 is 0 Å². The third-order valence-electron chi connectivity index (χ3n) is 6.31. The van der Waals surface area contributed by atoms with Crippen molar-refractivity contribution in [3.05, 3.63) is 64.7 Å². The van der Waals surface area contributed by atoms with E-state index in [-0.39, 0.29) is 11.8 Å². The number of amides is 1. The highest BCUT2D eigenvalue weighted by molar-refractivity contribution is 5.79. The van der Waals surface area contributed by atoms with Gasteiger partial charge in [0.25, 0.3) is 0 Å². The lowest BCUT2D eigenvalue weighted by Gasteiger charge is -2.31. The minimum absolute atomic E-state index is 0.00603. The summed E-state index contributed by atoms with van der Waals surface area (Å²) in [6, 6.07) is 14.2. The number of carbonyl (C=O) groups is 1. The lowest BCUT2D eigenvalue weighted by Crippen LogP contribution is -2.41. The van der Waals surface area contributed by atoms with E-state index in [1.807, 2.05) is 37.4 Å². The molecule has 0 spiro atoms. The topological polar surface area (TPSA) is 83.0 Å². The number of anilines is 2. The number of aromatic nitrogens is 3. The third kappa shape index (κ3) is 5.30. The van der Waals surface area contributed by atoms with Crippen LogP contribution in [0.4, 0.5) is 11.9 Å². The largest absolute Gasteiger partial charge is 0.357 e. The molecule has 1 aliphatic rings. The van der Waals surface area contributed by atoms with Gasteiger partial charge in [-0.2, -0.15) is 15.0 Å². The summed E-state index contributed by atoms with van der Waals surface area (Å²) >= 11 is 0. The van der Waals surface area contributed by atoms with Crippen LogP contribution in [0.1, 0.15) is 35.1 Å². The summed E-state index contributed by atoms with van der Waals surface area (Å²) in [4.78, 5) is 28.8. The van der Waals surface area contributed by atoms with Crippen molar-refractivity contribution in [2.75, 3.05) is 30.4 Å². The van der Waals surface area contributed by atoms with Crippen molar-refractivity contribution in [3.63, 3.8) is 0 Å². The number of aryl methyl sites for hydroxylation is 3. The van der Waals surface area contributed by atoms with Gasteiger partial charge in [-0.05, 0) is 50.3 Å². The molecule has 4 rings (SSSR count). The van der Waals surface area contributed by atoms with Gasteiger partial charge in [0.2, 0.25) is 17.8 Å². The van der Waals surface area contributed by atoms with E-state index in [2.05, 4.69) is 58.4 Å². The zero-order valence-corrected chi connectivity index (χ0v) is 19.9. The molecule has 7 heteroatoms. The molecule has 0 unspecified atom stereocenters. The van der Waals surface area contributed by atoms with Crippen LogP contribution in [0.25, 0.3) is 11.4 Å². The number of hydrogen-bond acceptors (Lipinski definition) is 6. The Labute approximate surface area is 195 Å². The van der Waals surface area contributed by atoms with Gasteiger partial charge in [-0.15, -0.1) is 0 Å². The Morgan fingerprint density at radius 2 is 1.67 bits per heavy atom. The van der Waals surface area contributed by atoms with E-state index in [0.717, 1.165) is 31.5 Å². The highest BCUT2D eigenvalue weighted by atomic mass is 16.1. The lowest BCUT2D eigenvalue weighted by atomic mass is 9.95. The molecule has 172 valence electrons. The van der Waals surface area contributed by atoms with E-state index < -0.39 is 0 Å². The predicted octanol–water partition coefficient (Wildman–Crippen LogP) is 4.04. The minimum Gasteiger partial charge on any atom is -0.357 e. The number of benzene rings is 2. The van der Waals surface area contributed by atoms with Gasteiger partial charge in [-0.1, -0.05) is 48.0 Å². The zero-order chi connectivity index (χ0) is 23.4. The van der Waals surface area contributed by atoms with Gasteiger partial charge in [-0.3, -0.25) is 4.79 Å². The Hall–Kier alpha value is -3.48. The van der Waals surface area contributed by atoms with Gasteiger partial charge in [0, 0.05) is 38.2 Å². The first-order valence-corrected chi connectivity index (χ1v) is 11.5. The maximum atomic E-state index is 12.9. The van der Waals surface area contributed by atoms with Crippen LogP contribution in [0.3, 0.4) is 0 Å². The van der Waals surface area contributed by atoms with Crippen LogP contribution < -0.4 is 15.5 Å². The second-order valence-electron chi connectivity index (χ2n) is 8.76. The van der Waals surface area contributed by atoms with E-state index in [4.69, 9.17) is 4.98 Å². The Morgan fingerprint density at radius 1 is 1.00 bits per heavy atom. The summed E-state index contributed by atoms with van der Waals surface area (Å²) in [6.45, 7) is 8.38. The van der Waals surface area contributed by atoms with Crippen LogP contribution in [0.15, 0.2) is 42.5 Å². The monoisotopic (exact) mass is 444 g/mol. The van der Waals surface area contributed by atoms with Crippen LogP contribution in [-0.4, -0.2) is 41.0 Å². The van der Waals surface area contributed by atoms with Crippen molar-refractivity contribution in [2.24, 2.45) is 5.92 Å². The average molecular weight is 445 g/mol. The number of rotatable bonds is 6. The van der Waals surface area contributed by atoms with Crippen LogP contribution in [0.5, 0.6) is 0 Å². The van der Waals surface area contributed by atoms with E-state index in [0.29, 0.717) is 24.3 Å². The molecule has 0 radical (unpaired) electrons. The quantitative estimate of drug-likeness (QED) is 0.597. The van der Waals surface area contributed by atoms with E-state index >= 15 is 0 Å².